The van der Waals surface area contributed by atoms with Gasteiger partial charge in [0.2, 0.25) is 0 Å². The van der Waals surface area contributed by atoms with Crippen LogP contribution in [0.5, 0.6) is 0 Å². The highest BCUT2D eigenvalue weighted by Gasteiger charge is 2.16. The fourth-order valence-corrected chi connectivity index (χ4v) is 1.99. The Hall–Kier alpha value is -1.09. The SMILES string of the molecule is CC(C)(C)c1ccc(NC2CCCOC2)nc1. The van der Waals surface area contributed by atoms with Crippen molar-refractivity contribution in [3.8, 4) is 0 Å². The molecule has 2 heterocycles. The van der Waals surface area contributed by atoms with E-state index in [-0.39, 0.29) is 5.41 Å². The van der Waals surface area contributed by atoms with E-state index >= 15 is 0 Å². The highest BCUT2D eigenvalue weighted by Crippen LogP contribution is 2.22. The van der Waals surface area contributed by atoms with Crippen LogP contribution in [-0.2, 0) is 10.2 Å². The largest absolute Gasteiger partial charge is 0.379 e. The fraction of sp³-hybridized carbons (Fsp3) is 0.643. The lowest BCUT2D eigenvalue weighted by atomic mass is 9.88. The van der Waals surface area contributed by atoms with E-state index in [1.165, 1.54) is 12.0 Å². The molecule has 0 amide bonds. The van der Waals surface area contributed by atoms with Gasteiger partial charge >= 0.3 is 0 Å². The fourth-order valence-electron chi connectivity index (χ4n) is 1.99. The molecule has 0 spiro atoms. The molecule has 0 aromatic carbocycles. The summed E-state index contributed by atoms with van der Waals surface area (Å²) in [6.07, 6.45) is 4.27. The Kier molecular flexibility index (Phi) is 3.67. The molecule has 1 aromatic heterocycles. The highest BCUT2D eigenvalue weighted by molar-refractivity contribution is 5.38. The average molecular weight is 234 g/mol. The summed E-state index contributed by atoms with van der Waals surface area (Å²) in [5.41, 5.74) is 1.43. The second-order valence-corrected chi connectivity index (χ2v) is 5.74. The number of hydrogen-bond acceptors (Lipinski definition) is 3. The van der Waals surface area contributed by atoms with Crippen LogP contribution in [0, 0.1) is 0 Å². The molecule has 1 saturated heterocycles. The highest BCUT2D eigenvalue weighted by atomic mass is 16.5. The molecule has 1 aliphatic heterocycles. The molecule has 3 nitrogen and oxygen atoms in total. The zero-order valence-electron chi connectivity index (χ0n) is 11.0. The van der Waals surface area contributed by atoms with E-state index < -0.39 is 0 Å². The predicted octanol–water partition coefficient (Wildman–Crippen LogP) is 2.97. The van der Waals surface area contributed by atoms with E-state index in [0.29, 0.717) is 6.04 Å². The lowest BCUT2D eigenvalue weighted by Crippen LogP contribution is -2.30. The van der Waals surface area contributed by atoms with Crippen molar-refractivity contribution >= 4 is 5.82 Å². The number of nitrogens with zero attached hydrogens (tertiary/aromatic N) is 1. The second-order valence-electron chi connectivity index (χ2n) is 5.74. The standard InChI is InChI=1S/C14H22N2O/c1-14(2,3)11-6-7-13(15-9-11)16-12-5-4-8-17-10-12/h6-7,9,12H,4-5,8,10H2,1-3H3,(H,15,16). The van der Waals surface area contributed by atoms with Gasteiger partial charge in [0, 0.05) is 12.8 Å². The van der Waals surface area contributed by atoms with Crippen LogP contribution in [0.15, 0.2) is 18.3 Å². The molecule has 1 atom stereocenters. The average Bonchev–Trinajstić information content (AvgIpc) is 2.30. The van der Waals surface area contributed by atoms with Crippen molar-refractivity contribution in [1.82, 2.24) is 4.98 Å². The molecule has 94 valence electrons. The van der Waals surface area contributed by atoms with Crippen LogP contribution in [-0.4, -0.2) is 24.2 Å². The van der Waals surface area contributed by atoms with Crippen molar-refractivity contribution in [1.29, 1.82) is 0 Å². The van der Waals surface area contributed by atoms with Gasteiger partial charge in [-0.1, -0.05) is 26.8 Å². The van der Waals surface area contributed by atoms with Crippen LogP contribution in [0.4, 0.5) is 5.82 Å². The normalized spacial score (nSPS) is 21.2. The van der Waals surface area contributed by atoms with Gasteiger partial charge in [0.1, 0.15) is 5.82 Å². The molecule has 1 N–H and O–H groups in total. The monoisotopic (exact) mass is 234 g/mol. The lowest BCUT2D eigenvalue weighted by Gasteiger charge is -2.24. The minimum Gasteiger partial charge on any atom is -0.379 e. The zero-order valence-corrected chi connectivity index (χ0v) is 11.0. The molecule has 17 heavy (non-hydrogen) atoms. The summed E-state index contributed by atoms with van der Waals surface area (Å²) in [6.45, 7) is 8.29. The van der Waals surface area contributed by atoms with Crippen molar-refractivity contribution in [3.63, 3.8) is 0 Å². The molecule has 0 bridgehead atoms. The van der Waals surface area contributed by atoms with Gasteiger partial charge in [0.05, 0.1) is 12.6 Å². The van der Waals surface area contributed by atoms with Crippen LogP contribution < -0.4 is 5.32 Å². The quantitative estimate of drug-likeness (QED) is 0.854. The smallest absolute Gasteiger partial charge is 0.126 e. The van der Waals surface area contributed by atoms with Crippen LogP contribution in [0.1, 0.15) is 39.2 Å². The Morgan fingerprint density at radius 2 is 2.18 bits per heavy atom. The van der Waals surface area contributed by atoms with Crippen molar-refractivity contribution in [3.05, 3.63) is 23.9 Å². The number of ether oxygens (including phenoxy) is 1. The Balaban J connectivity index is 1.98. The maximum atomic E-state index is 5.44. The summed E-state index contributed by atoms with van der Waals surface area (Å²) < 4.78 is 5.44. The summed E-state index contributed by atoms with van der Waals surface area (Å²) in [6, 6.07) is 4.63. The number of rotatable bonds is 2. The van der Waals surface area contributed by atoms with Gasteiger partial charge in [-0.25, -0.2) is 4.98 Å². The van der Waals surface area contributed by atoms with E-state index in [2.05, 4.69) is 43.2 Å². The molecule has 0 saturated carbocycles. The summed E-state index contributed by atoms with van der Waals surface area (Å²) in [5.74, 6) is 0.952. The molecule has 0 aliphatic carbocycles. The third kappa shape index (κ3) is 3.43. The first-order chi connectivity index (χ1) is 8.05. The number of aromatic nitrogens is 1. The van der Waals surface area contributed by atoms with Crippen molar-refractivity contribution in [2.24, 2.45) is 0 Å². The van der Waals surface area contributed by atoms with E-state index in [1.54, 1.807) is 0 Å². The van der Waals surface area contributed by atoms with Gasteiger partial charge in [-0.2, -0.15) is 0 Å². The number of anilines is 1. The molecule has 1 aliphatic rings. The van der Waals surface area contributed by atoms with Gasteiger partial charge in [-0.05, 0) is 29.9 Å². The van der Waals surface area contributed by atoms with E-state index in [0.717, 1.165) is 25.5 Å². The summed E-state index contributed by atoms with van der Waals surface area (Å²) in [5, 5.41) is 3.42. The van der Waals surface area contributed by atoms with Crippen molar-refractivity contribution in [2.45, 2.75) is 45.1 Å². The van der Waals surface area contributed by atoms with Crippen molar-refractivity contribution in [2.75, 3.05) is 18.5 Å². The summed E-state index contributed by atoms with van der Waals surface area (Å²) >= 11 is 0. The Morgan fingerprint density at radius 3 is 2.71 bits per heavy atom. The molecule has 0 radical (unpaired) electrons. The van der Waals surface area contributed by atoms with Gasteiger partial charge in [-0.3, -0.25) is 0 Å². The third-order valence-electron chi connectivity index (χ3n) is 3.14. The van der Waals surface area contributed by atoms with Gasteiger partial charge < -0.3 is 10.1 Å². The molecular formula is C14H22N2O. The Bertz CT molecular complexity index is 347. The van der Waals surface area contributed by atoms with Crippen molar-refractivity contribution < 1.29 is 4.74 Å². The second kappa shape index (κ2) is 5.05. The van der Waals surface area contributed by atoms with Crippen LogP contribution in [0.2, 0.25) is 0 Å². The molecule has 1 aromatic rings. The molecule has 2 rings (SSSR count). The third-order valence-corrected chi connectivity index (χ3v) is 3.14. The number of pyridine rings is 1. The summed E-state index contributed by atoms with van der Waals surface area (Å²) in [4.78, 5) is 4.47. The first-order valence-electron chi connectivity index (χ1n) is 6.36. The lowest BCUT2D eigenvalue weighted by molar-refractivity contribution is 0.0875. The predicted molar refractivity (Wildman–Crippen MR) is 70.4 cm³/mol. The molecule has 3 heteroatoms. The summed E-state index contributed by atoms with van der Waals surface area (Å²) in [7, 11) is 0. The topological polar surface area (TPSA) is 34.1 Å². The zero-order chi connectivity index (χ0) is 12.3. The van der Waals surface area contributed by atoms with Gasteiger partial charge in [0.25, 0.3) is 0 Å². The van der Waals surface area contributed by atoms with Crippen LogP contribution in [0.25, 0.3) is 0 Å². The number of nitrogens with one attached hydrogen (secondary N) is 1. The number of hydrogen-bond donors (Lipinski definition) is 1. The van der Waals surface area contributed by atoms with Crippen LogP contribution >= 0.6 is 0 Å². The Morgan fingerprint density at radius 1 is 1.35 bits per heavy atom. The van der Waals surface area contributed by atoms with Gasteiger partial charge in [0.15, 0.2) is 0 Å². The first-order valence-corrected chi connectivity index (χ1v) is 6.36. The first kappa shape index (κ1) is 12.4. The maximum absolute atomic E-state index is 5.44. The molecule has 1 fully saturated rings. The van der Waals surface area contributed by atoms with E-state index in [9.17, 15) is 0 Å². The maximum Gasteiger partial charge on any atom is 0.126 e. The van der Waals surface area contributed by atoms with Crippen LogP contribution in [0.3, 0.4) is 0 Å². The van der Waals surface area contributed by atoms with E-state index in [4.69, 9.17) is 4.74 Å². The minimum absolute atomic E-state index is 0.166. The molecule has 1 unspecified atom stereocenters. The minimum atomic E-state index is 0.166. The Labute approximate surface area is 104 Å². The van der Waals surface area contributed by atoms with Gasteiger partial charge in [-0.15, -0.1) is 0 Å². The van der Waals surface area contributed by atoms with E-state index in [1.807, 2.05) is 6.20 Å². The molecular weight excluding hydrogens is 212 g/mol.